The predicted molar refractivity (Wildman–Crippen MR) is 52.8 cm³/mol. The van der Waals surface area contributed by atoms with Crippen LogP contribution in [0.3, 0.4) is 0 Å². The summed E-state index contributed by atoms with van der Waals surface area (Å²) >= 11 is 0. The van der Waals surface area contributed by atoms with Crippen LogP contribution in [-0.4, -0.2) is 17.1 Å². The summed E-state index contributed by atoms with van der Waals surface area (Å²) in [6.45, 7) is 3.90. The summed E-state index contributed by atoms with van der Waals surface area (Å²) in [5.41, 5.74) is 5.17. The molecule has 0 aliphatic carbocycles. The van der Waals surface area contributed by atoms with Crippen molar-refractivity contribution in [2.75, 3.05) is 7.11 Å². The number of ether oxygens (including phenoxy) is 1. The van der Waals surface area contributed by atoms with Crippen LogP contribution in [0.2, 0.25) is 0 Å². The quantitative estimate of drug-likeness (QED) is 0.720. The standard InChI is InChI=1S/C9H15N3O2/c1-9(2,14-3)8-11-6(5-10)4-7(13)12-8/h4H,5,10H2,1-3H3,(H,11,12,13). The van der Waals surface area contributed by atoms with Gasteiger partial charge in [0, 0.05) is 19.7 Å². The lowest BCUT2D eigenvalue weighted by atomic mass is 10.1. The zero-order chi connectivity index (χ0) is 10.8. The smallest absolute Gasteiger partial charge is 0.251 e. The highest BCUT2D eigenvalue weighted by molar-refractivity contribution is 5.06. The van der Waals surface area contributed by atoms with E-state index in [-0.39, 0.29) is 12.1 Å². The van der Waals surface area contributed by atoms with Crippen molar-refractivity contribution >= 4 is 0 Å². The highest BCUT2D eigenvalue weighted by atomic mass is 16.5. The van der Waals surface area contributed by atoms with Crippen LogP contribution in [0.1, 0.15) is 25.4 Å². The highest BCUT2D eigenvalue weighted by Crippen LogP contribution is 2.18. The van der Waals surface area contributed by atoms with E-state index in [2.05, 4.69) is 9.97 Å². The maximum atomic E-state index is 11.2. The van der Waals surface area contributed by atoms with E-state index in [1.807, 2.05) is 13.8 Å². The normalized spacial score (nSPS) is 11.7. The van der Waals surface area contributed by atoms with Gasteiger partial charge in [-0.25, -0.2) is 4.98 Å². The third kappa shape index (κ3) is 2.18. The molecule has 0 bridgehead atoms. The van der Waals surface area contributed by atoms with E-state index in [4.69, 9.17) is 10.5 Å². The molecule has 0 amide bonds. The van der Waals surface area contributed by atoms with Gasteiger partial charge in [0.05, 0.1) is 5.69 Å². The second-order valence-corrected chi connectivity index (χ2v) is 3.50. The van der Waals surface area contributed by atoms with Crippen LogP contribution in [0.4, 0.5) is 0 Å². The third-order valence-electron chi connectivity index (χ3n) is 2.08. The van der Waals surface area contributed by atoms with Crippen molar-refractivity contribution in [1.29, 1.82) is 0 Å². The Morgan fingerprint density at radius 3 is 2.79 bits per heavy atom. The molecule has 0 radical (unpaired) electrons. The number of aromatic amines is 1. The molecule has 3 N–H and O–H groups in total. The SMILES string of the molecule is COC(C)(C)c1nc(CN)cc(=O)[nH]1. The van der Waals surface area contributed by atoms with Gasteiger partial charge in [0.15, 0.2) is 0 Å². The number of nitrogens with two attached hydrogens (primary N) is 1. The highest BCUT2D eigenvalue weighted by Gasteiger charge is 2.22. The van der Waals surface area contributed by atoms with E-state index in [9.17, 15) is 4.79 Å². The van der Waals surface area contributed by atoms with E-state index in [1.165, 1.54) is 6.07 Å². The van der Waals surface area contributed by atoms with Crippen LogP contribution >= 0.6 is 0 Å². The number of H-pyrrole nitrogens is 1. The maximum Gasteiger partial charge on any atom is 0.251 e. The topological polar surface area (TPSA) is 81.0 Å². The number of nitrogens with zero attached hydrogens (tertiary/aromatic N) is 1. The van der Waals surface area contributed by atoms with Crippen LogP contribution < -0.4 is 11.3 Å². The first kappa shape index (κ1) is 10.9. The Morgan fingerprint density at radius 1 is 1.64 bits per heavy atom. The van der Waals surface area contributed by atoms with Crippen molar-refractivity contribution in [2.45, 2.75) is 26.0 Å². The summed E-state index contributed by atoms with van der Waals surface area (Å²) < 4.78 is 5.20. The van der Waals surface area contributed by atoms with Gasteiger partial charge in [-0.3, -0.25) is 4.79 Å². The van der Waals surface area contributed by atoms with Gasteiger partial charge in [-0.1, -0.05) is 0 Å². The third-order valence-corrected chi connectivity index (χ3v) is 2.08. The zero-order valence-corrected chi connectivity index (χ0v) is 8.63. The molecule has 1 heterocycles. The lowest BCUT2D eigenvalue weighted by Gasteiger charge is -2.21. The molecule has 1 rings (SSSR count). The fourth-order valence-corrected chi connectivity index (χ4v) is 0.994. The van der Waals surface area contributed by atoms with E-state index in [0.29, 0.717) is 11.5 Å². The first-order valence-electron chi connectivity index (χ1n) is 4.35. The molecule has 1 aromatic rings. The first-order valence-corrected chi connectivity index (χ1v) is 4.35. The number of methoxy groups -OCH3 is 1. The summed E-state index contributed by atoms with van der Waals surface area (Å²) in [6.07, 6.45) is 0. The Kier molecular flexibility index (Phi) is 3.03. The van der Waals surface area contributed by atoms with Gasteiger partial charge >= 0.3 is 0 Å². The van der Waals surface area contributed by atoms with Crippen LogP contribution in [-0.2, 0) is 16.9 Å². The molecule has 0 unspecified atom stereocenters. The molecule has 5 nitrogen and oxygen atoms in total. The molecule has 78 valence electrons. The van der Waals surface area contributed by atoms with E-state index in [0.717, 1.165) is 0 Å². The summed E-state index contributed by atoms with van der Waals surface area (Å²) in [6, 6.07) is 1.38. The Morgan fingerprint density at radius 2 is 2.29 bits per heavy atom. The minimum absolute atomic E-state index is 0.208. The second kappa shape index (κ2) is 3.89. The summed E-state index contributed by atoms with van der Waals surface area (Å²) in [5, 5.41) is 0. The Balaban J connectivity index is 3.22. The molecule has 0 aromatic carbocycles. The van der Waals surface area contributed by atoms with Crippen LogP contribution in [0.25, 0.3) is 0 Å². The van der Waals surface area contributed by atoms with Gasteiger partial charge < -0.3 is 15.5 Å². The monoisotopic (exact) mass is 197 g/mol. The molecule has 0 atom stereocenters. The molecule has 0 spiro atoms. The number of hydrogen-bond acceptors (Lipinski definition) is 4. The van der Waals surface area contributed by atoms with Crippen LogP contribution in [0.5, 0.6) is 0 Å². The van der Waals surface area contributed by atoms with Crippen molar-refractivity contribution in [3.63, 3.8) is 0 Å². The van der Waals surface area contributed by atoms with Gasteiger partial charge in [0.1, 0.15) is 11.4 Å². The molecule has 0 fully saturated rings. The Labute approximate surface area is 82.3 Å². The minimum Gasteiger partial charge on any atom is -0.371 e. The van der Waals surface area contributed by atoms with Gasteiger partial charge in [-0.2, -0.15) is 0 Å². The molecule has 0 saturated carbocycles. The predicted octanol–water partition coefficient (Wildman–Crippen LogP) is 0.110. The molecular formula is C9H15N3O2. The minimum atomic E-state index is -0.607. The summed E-state index contributed by atoms with van der Waals surface area (Å²) in [5.74, 6) is 0.493. The van der Waals surface area contributed by atoms with Crippen molar-refractivity contribution in [3.05, 3.63) is 27.9 Å². The van der Waals surface area contributed by atoms with E-state index in [1.54, 1.807) is 7.11 Å². The number of hydrogen-bond donors (Lipinski definition) is 2. The van der Waals surface area contributed by atoms with Crippen LogP contribution in [0, 0.1) is 0 Å². The maximum absolute atomic E-state index is 11.2. The Bertz CT molecular complexity index is 371. The van der Waals surface area contributed by atoms with Gasteiger partial charge in [-0.15, -0.1) is 0 Å². The fourth-order valence-electron chi connectivity index (χ4n) is 0.994. The van der Waals surface area contributed by atoms with Crippen molar-refractivity contribution in [3.8, 4) is 0 Å². The average molecular weight is 197 g/mol. The van der Waals surface area contributed by atoms with E-state index >= 15 is 0 Å². The molecule has 0 aliphatic rings. The summed E-state index contributed by atoms with van der Waals surface area (Å²) in [7, 11) is 1.56. The number of nitrogens with one attached hydrogen (secondary N) is 1. The van der Waals surface area contributed by atoms with E-state index < -0.39 is 5.60 Å². The van der Waals surface area contributed by atoms with Crippen molar-refractivity contribution in [2.24, 2.45) is 5.73 Å². The fraction of sp³-hybridized carbons (Fsp3) is 0.556. The first-order chi connectivity index (χ1) is 6.49. The van der Waals surface area contributed by atoms with Gasteiger partial charge in [0.25, 0.3) is 5.56 Å². The Hall–Kier alpha value is -1.20. The molecule has 1 aromatic heterocycles. The van der Waals surface area contributed by atoms with Gasteiger partial charge in [-0.05, 0) is 13.8 Å². The summed E-state index contributed by atoms with van der Waals surface area (Å²) in [4.78, 5) is 18.0. The lowest BCUT2D eigenvalue weighted by molar-refractivity contribution is 0.0111. The van der Waals surface area contributed by atoms with Crippen molar-refractivity contribution in [1.82, 2.24) is 9.97 Å². The average Bonchev–Trinajstić information content (AvgIpc) is 2.16. The molecule has 0 aliphatic heterocycles. The molecular weight excluding hydrogens is 182 g/mol. The molecule has 14 heavy (non-hydrogen) atoms. The molecule has 0 saturated heterocycles. The molecule has 5 heteroatoms. The largest absolute Gasteiger partial charge is 0.371 e. The zero-order valence-electron chi connectivity index (χ0n) is 8.63. The van der Waals surface area contributed by atoms with Crippen molar-refractivity contribution < 1.29 is 4.74 Å². The second-order valence-electron chi connectivity index (χ2n) is 3.50. The van der Waals surface area contributed by atoms with Gasteiger partial charge in [0.2, 0.25) is 0 Å². The number of aromatic nitrogens is 2. The lowest BCUT2D eigenvalue weighted by Crippen LogP contribution is -2.27. The van der Waals surface area contributed by atoms with Crippen LogP contribution in [0.15, 0.2) is 10.9 Å². The number of rotatable bonds is 3.